The molecule has 0 saturated carbocycles. The maximum Gasteiger partial charge on any atom is 0.123 e. The van der Waals surface area contributed by atoms with Crippen molar-refractivity contribution in [3.63, 3.8) is 0 Å². The predicted molar refractivity (Wildman–Crippen MR) is 81.2 cm³/mol. The Labute approximate surface area is 119 Å². The zero-order valence-corrected chi connectivity index (χ0v) is 12.2. The lowest BCUT2D eigenvalue weighted by molar-refractivity contribution is 0.410. The first-order valence-electron chi connectivity index (χ1n) is 6.23. The Morgan fingerprint density at radius 3 is 2.63 bits per heavy atom. The minimum atomic E-state index is 0.714. The monoisotopic (exact) mass is 275 g/mol. The molecule has 3 heteroatoms. The Morgan fingerprint density at radius 2 is 1.89 bits per heavy atom. The third-order valence-corrected chi connectivity index (χ3v) is 3.34. The minimum Gasteiger partial charge on any atom is -0.496 e. The van der Waals surface area contributed by atoms with E-state index in [0.29, 0.717) is 6.54 Å². The van der Waals surface area contributed by atoms with Crippen molar-refractivity contribution < 1.29 is 4.74 Å². The Morgan fingerprint density at radius 1 is 1.11 bits per heavy atom. The molecule has 0 spiro atoms. The number of methoxy groups -OCH3 is 1. The highest BCUT2D eigenvalue weighted by atomic mass is 35.5. The topological polar surface area (TPSA) is 21.3 Å². The molecule has 100 valence electrons. The quantitative estimate of drug-likeness (QED) is 0.882. The van der Waals surface area contributed by atoms with Crippen molar-refractivity contribution in [2.24, 2.45) is 0 Å². The van der Waals surface area contributed by atoms with Gasteiger partial charge in [-0.3, -0.25) is 0 Å². The van der Waals surface area contributed by atoms with Crippen molar-refractivity contribution in [1.29, 1.82) is 0 Å². The van der Waals surface area contributed by atoms with Crippen molar-refractivity contribution in [2.75, 3.05) is 12.4 Å². The zero-order chi connectivity index (χ0) is 13.8. The minimum absolute atomic E-state index is 0.714. The van der Waals surface area contributed by atoms with Gasteiger partial charge in [-0.15, -0.1) is 0 Å². The summed E-state index contributed by atoms with van der Waals surface area (Å²) in [6.45, 7) is 4.85. The normalized spacial score (nSPS) is 10.3. The molecule has 0 aromatic heterocycles. The molecule has 19 heavy (non-hydrogen) atoms. The van der Waals surface area contributed by atoms with Gasteiger partial charge in [0, 0.05) is 22.8 Å². The summed E-state index contributed by atoms with van der Waals surface area (Å²) in [4.78, 5) is 0. The van der Waals surface area contributed by atoms with Crippen molar-refractivity contribution >= 4 is 17.3 Å². The van der Waals surface area contributed by atoms with Crippen molar-refractivity contribution in [1.82, 2.24) is 0 Å². The van der Waals surface area contributed by atoms with Crippen LogP contribution < -0.4 is 10.1 Å². The lowest BCUT2D eigenvalue weighted by Gasteiger charge is -2.13. The average molecular weight is 276 g/mol. The second kappa shape index (κ2) is 5.98. The molecule has 2 rings (SSSR count). The Hall–Kier alpha value is -1.67. The van der Waals surface area contributed by atoms with E-state index in [2.05, 4.69) is 25.2 Å². The lowest BCUT2D eigenvalue weighted by atomic mass is 10.1. The first-order valence-corrected chi connectivity index (χ1v) is 6.61. The summed E-state index contributed by atoms with van der Waals surface area (Å²) in [7, 11) is 1.69. The Bertz CT molecular complexity index is 581. The molecular weight excluding hydrogens is 258 g/mol. The molecule has 2 aromatic rings. The summed E-state index contributed by atoms with van der Waals surface area (Å²) in [6.07, 6.45) is 0. The van der Waals surface area contributed by atoms with Gasteiger partial charge in [-0.25, -0.2) is 0 Å². The van der Waals surface area contributed by atoms with Crippen LogP contribution in [0.2, 0.25) is 5.02 Å². The molecule has 0 aliphatic rings. The smallest absolute Gasteiger partial charge is 0.123 e. The number of rotatable bonds is 4. The Kier molecular flexibility index (Phi) is 4.33. The van der Waals surface area contributed by atoms with Crippen LogP contribution in [0, 0.1) is 13.8 Å². The molecule has 0 heterocycles. The summed E-state index contributed by atoms with van der Waals surface area (Å²) in [5, 5.41) is 4.15. The number of ether oxygens (including phenoxy) is 1. The van der Waals surface area contributed by atoms with Gasteiger partial charge in [0.2, 0.25) is 0 Å². The molecule has 0 aliphatic carbocycles. The number of benzene rings is 2. The van der Waals surface area contributed by atoms with Crippen LogP contribution in [0.4, 0.5) is 5.69 Å². The van der Waals surface area contributed by atoms with Crippen LogP contribution in [0.1, 0.15) is 16.7 Å². The highest BCUT2D eigenvalue weighted by Gasteiger charge is 2.04. The van der Waals surface area contributed by atoms with Crippen LogP contribution in [0.3, 0.4) is 0 Å². The van der Waals surface area contributed by atoms with Crippen LogP contribution in [-0.2, 0) is 6.54 Å². The fraction of sp³-hybridized carbons (Fsp3) is 0.250. The predicted octanol–water partition coefficient (Wildman–Crippen LogP) is 4.58. The average Bonchev–Trinajstić information content (AvgIpc) is 2.40. The summed E-state index contributed by atoms with van der Waals surface area (Å²) in [6, 6.07) is 12.0. The molecule has 0 fully saturated rings. The van der Waals surface area contributed by atoms with Gasteiger partial charge in [0.25, 0.3) is 0 Å². The highest BCUT2D eigenvalue weighted by Crippen LogP contribution is 2.24. The van der Waals surface area contributed by atoms with Gasteiger partial charge in [-0.1, -0.05) is 35.4 Å². The maximum absolute atomic E-state index is 6.02. The molecule has 0 saturated heterocycles. The van der Waals surface area contributed by atoms with Gasteiger partial charge in [0.1, 0.15) is 5.75 Å². The lowest BCUT2D eigenvalue weighted by Crippen LogP contribution is -2.03. The van der Waals surface area contributed by atoms with Gasteiger partial charge in [-0.05, 0) is 37.6 Å². The van der Waals surface area contributed by atoms with Crippen molar-refractivity contribution in [3.05, 3.63) is 58.1 Å². The van der Waals surface area contributed by atoms with Gasteiger partial charge in [0.15, 0.2) is 0 Å². The molecule has 2 aromatic carbocycles. The third kappa shape index (κ3) is 3.42. The van der Waals surface area contributed by atoms with E-state index in [1.807, 2.05) is 30.3 Å². The van der Waals surface area contributed by atoms with E-state index < -0.39 is 0 Å². The zero-order valence-electron chi connectivity index (χ0n) is 11.5. The second-order valence-electron chi connectivity index (χ2n) is 4.63. The van der Waals surface area contributed by atoms with Crippen LogP contribution in [0.25, 0.3) is 0 Å². The molecule has 0 aliphatic heterocycles. The van der Waals surface area contributed by atoms with E-state index in [1.54, 1.807) is 7.11 Å². The van der Waals surface area contributed by atoms with Crippen molar-refractivity contribution in [3.8, 4) is 5.75 Å². The van der Waals surface area contributed by atoms with E-state index in [1.165, 1.54) is 11.1 Å². The highest BCUT2D eigenvalue weighted by molar-refractivity contribution is 6.30. The molecule has 0 atom stereocenters. The number of halogens is 1. The largest absolute Gasteiger partial charge is 0.496 e. The second-order valence-corrected chi connectivity index (χ2v) is 5.06. The number of anilines is 1. The van der Waals surface area contributed by atoms with Crippen LogP contribution in [-0.4, -0.2) is 7.11 Å². The summed E-state index contributed by atoms with van der Waals surface area (Å²) in [5.74, 6) is 0.901. The SMILES string of the molecule is COc1ccc(C)cc1CNc1cc(Cl)ccc1C. The van der Waals surface area contributed by atoms with E-state index in [4.69, 9.17) is 16.3 Å². The number of aryl methyl sites for hydroxylation is 2. The van der Waals surface area contributed by atoms with Gasteiger partial charge in [0.05, 0.1) is 7.11 Å². The summed E-state index contributed by atoms with van der Waals surface area (Å²) in [5.41, 5.74) is 4.59. The number of nitrogens with one attached hydrogen (secondary N) is 1. The molecule has 0 amide bonds. The standard InChI is InChI=1S/C16H18ClNO/c1-11-4-7-16(19-3)13(8-11)10-18-15-9-14(17)6-5-12(15)2/h4-9,18H,10H2,1-3H3. The van der Waals surface area contributed by atoms with Crippen molar-refractivity contribution in [2.45, 2.75) is 20.4 Å². The van der Waals surface area contributed by atoms with E-state index in [0.717, 1.165) is 22.0 Å². The third-order valence-electron chi connectivity index (χ3n) is 3.10. The number of hydrogen-bond acceptors (Lipinski definition) is 2. The first-order chi connectivity index (χ1) is 9.10. The van der Waals surface area contributed by atoms with E-state index in [9.17, 15) is 0 Å². The summed E-state index contributed by atoms with van der Waals surface area (Å²) >= 11 is 6.02. The molecule has 0 unspecified atom stereocenters. The van der Waals surface area contributed by atoms with Crippen LogP contribution in [0.15, 0.2) is 36.4 Å². The molecular formula is C16H18ClNO. The molecule has 0 bridgehead atoms. The fourth-order valence-electron chi connectivity index (χ4n) is 2.02. The van der Waals surface area contributed by atoms with E-state index >= 15 is 0 Å². The Balaban J connectivity index is 2.18. The van der Waals surface area contributed by atoms with Crippen LogP contribution >= 0.6 is 11.6 Å². The molecule has 0 radical (unpaired) electrons. The molecule has 2 nitrogen and oxygen atoms in total. The van der Waals surface area contributed by atoms with E-state index in [-0.39, 0.29) is 0 Å². The first kappa shape index (κ1) is 13.8. The maximum atomic E-state index is 6.02. The summed E-state index contributed by atoms with van der Waals surface area (Å²) < 4.78 is 5.38. The van der Waals surface area contributed by atoms with Gasteiger partial charge in [-0.2, -0.15) is 0 Å². The van der Waals surface area contributed by atoms with Gasteiger partial charge >= 0.3 is 0 Å². The number of hydrogen-bond donors (Lipinski definition) is 1. The molecule has 1 N–H and O–H groups in total. The van der Waals surface area contributed by atoms with Gasteiger partial charge < -0.3 is 10.1 Å². The fourth-order valence-corrected chi connectivity index (χ4v) is 2.19. The van der Waals surface area contributed by atoms with Crippen LogP contribution in [0.5, 0.6) is 5.75 Å².